The molecule has 1 aromatic rings. The molecule has 100 valence electrons. The molecule has 0 atom stereocenters. The molecule has 0 aliphatic heterocycles. The minimum absolute atomic E-state index is 0.125. The molecule has 5 nitrogen and oxygen atoms in total. The molecule has 2 rings (SSSR count). The van der Waals surface area contributed by atoms with E-state index < -0.39 is 0 Å². The number of aromatic nitrogens is 2. The SMILES string of the molecule is CCOC(=O)CCN(C)Cc1cncn1C1CC1. The Morgan fingerprint density at radius 3 is 3.06 bits per heavy atom. The van der Waals surface area contributed by atoms with Crippen LogP contribution in [0, 0.1) is 0 Å². The lowest BCUT2D eigenvalue weighted by atomic mass is 10.3. The number of esters is 1. The van der Waals surface area contributed by atoms with Gasteiger partial charge in [0.25, 0.3) is 0 Å². The molecule has 0 radical (unpaired) electrons. The van der Waals surface area contributed by atoms with E-state index in [4.69, 9.17) is 4.74 Å². The molecule has 1 aliphatic rings. The van der Waals surface area contributed by atoms with Crippen molar-refractivity contribution in [2.45, 2.75) is 38.8 Å². The smallest absolute Gasteiger partial charge is 0.307 e. The second kappa shape index (κ2) is 6.00. The first-order valence-electron chi connectivity index (χ1n) is 6.55. The van der Waals surface area contributed by atoms with Crippen molar-refractivity contribution in [1.82, 2.24) is 14.5 Å². The van der Waals surface area contributed by atoms with Crippen molar-refractivity contribution in [3.05, 3.63) is 18.2 Å². The van der Waals surface area contributed by atoms with Crippen LogP contribution in [0.1, 0.15) is 37.9 Å². The first-order chi connectivity index (χ1) is 8.70. The highest BCUT2D eigenvalue weighted by molar-refractivity contribution is 5.69. The van der Waals surface area contributed by atoms with Gasteiger partial charge < -0.3 is 9.30 Å². The van der Waals surface area contributed by atoms with Crippen molar-refractivity contribution >= 4 is 5.97 Å². The Morgan fingerprint density at radius 1 is 1.61 bits per heavy atom. The largest absolute Gasteiger partial charge is 0.466 e. The Kier molecular flexibility index (Phi) is 4.36. The second-order valence-corrected chi connectivity index (χ2v) is 4.82. The van der Waals surface area contributed by atoms with Gasteiger partial charge in [-0.05, 0) is 26.8 Å². The van der Waals surface area contributed by atoms with Gasteiger partial charge in [0, 0.05) is 25.3 Å². The zero-order valence-corrected chi connectivity index (χ0v) is 11.1. The highest BCUT2D eigenvalue weighted by Gasteiger charge is 2.25. The van der Waals surface area contributed by atoms with Crippen molar-refractivity contribution in [3.63, 3.8) is 0 Å². The topological polar surface area (TPSA) is 47.4 Å². The van der Waals surface area contributed by atoms with Gasteiger partial charge in [0.05, 0.1) is 25.0 Å². The van der Waals surface area contributed by atoms with Gasteiger partial charge in [-0.15, -0.1) is 0 Å². The van der Waals surface area contributed by atoms with Gasteiger partial charge in [0.2, 0.25) is 0 Å². The molecule has 1 aliphatic carbocycles. The molecule has 1 saturated carbocycles. The zero-order valence-electron chi connectivity index (χ0n) is 11.1. The van der Waals surface area contributed by atoms with Crippen LogP contribution >= 0.6 is 0 Å². The Hall–Kier alpha value is -1.36. The Morgan fingerprint density at radius 2 is 2.39 bits per heavy atom. The molecule has 0 spiro atoms. The van der Waals surface area contributed by atoms with E-state index in [-0.39, 0.29) is 5.97 Å². The first-order valence-corrected chi connectivity index (χ1v) is 6.55. The van der Waals surface area contributed by atoms with Crippen molar-refractivity contribution in [3.8, 4) is 0 Å². The normalized spacial score (nSPS) is 15.1. The number of rotatable bonds is 7. The third-order valence-electron chi connectivity index (χ3n) is 3.12. The maximum atomic E-state index is 11.3. The van der Waals surface area contributed by atoms with Crippen molar-refractivity contribution < 1.29 is 9.53 Å². The van der Waals surface area contributed by atoms with Crippen LogP contribution < -0.4 is 0 Å². The van der Waals surface area contributed by atoms with Crippen LogP contribution in [0.25, 0.3) is 0 Å². The molecule has 1 fully saturated rings. The highest BCUT2D eigenvalue weighted by Crippen LogP contribution is 2.35. The summed E-state index contributed by atoms with van der Waals surface area (Å²) in [6, 6.07) is 0.654. The number of carbonyl (C=O) groups excluding carboxylic acids is 1. The summed E-state index contributed by atoms with van der Waals surface area (Å²) in [5.41, 5.74) is 1.23. The maximum absolute atomic E-state index is 11.3. The predicted molar refractivity (Wildman–Crippen MR) is 68.1 cm³/mol. The van der Waals surface area contributed by atoms with E-state index in [2.05, 4.69) is 14.5 Å². The fourth-order valence-corrected chi connectivity index (χ4v) is 2.01. The lowest BCUT2D eigenvalue weighted by Crippen LogP contribution is -2.23. The summed E-state index contributed by atoms with van der Waals surface area (Å²) in [4.78, 5) is 17.6. The molecule has 1 aromatic heterocycles. The Balaban J connectivity index is 1.78. The summed E-state index contributed by atoms with van der Waals surface area (Å²) in [5.74, 6) is -0.125. The number of ether oxygens (including phenoxy) is 1. The number of imidazole rings is 1. The van der Waals surface area contributed by atoms with Crippen LogP contribution in [0.4, 0.5) is 0 Å². The van der Waals surface area contributed by atoms with E-state index in [9.17, 15) is 4.79 Å². The molecule has 5 heteroatoms. The fraction of sp³-hybridized carbons (Fsp3) is 0.692. The monoisotopic (exact) mass is 251 g/mol. The van der Waals surface area contributed by atoms with Crippen molar-refractivity contribution in [1.29, 1.82) is 0 Å². The lowest BCUT2D eigenvalue weighted by Gasteiger charge is -2.17. The van der Waals surface area contributed by atoms with Crippen LogP contribution in [0.15, 0.2) is 12.5 Å². The van der Waals surface area contributed by atoms with Crippen molar-refractivity contribution in [2.75, 3.05) is 20.2 Å². The second-order valence-electron chi connectivity index (χ2n) is 4.82. The summed E-state index contributed by atoms with van der Waals surface area (Å²) in [7, 11) is 2.02. The van der Waals surface area contributed by atoms with Gasteiger partial charge in [-0.25, -0.2) is 4.98 Å². The van der Waals surface area contributed by atoms with E-state index in [0.717, 1.165) is 6.54 Å². The number of hydrogen-bond acceptors (Lipinski definition) is 4. The van der Waals surface area contributed by atoms with Gasteiger partial charge in [0.1, 0.15) is 0 Å². The van der Waals surface area contributed by atoms with E-state index in [0.29, 0.717) is 25.6 Å². The zero-order chi connectivity index (χ0) is 13.0. The highest BCUT2D eigenvalue weighted by atomic mass is 16.5. The van der Waals surface area contributed by atoms with Crippen LogP contribution in [0.5, 0.6) is 0 Å². The minimum atomic E-state index is -0.125. The van der Waals surface area contributed by atoms with Gasteiger partial charge in [-0.3, -0.25) is 9.69 Å². The van der Waals surface area contributed by atoms with E-state index in [1.54, 1.807) is 0 Å². The molecular weight excluding hydrogens is 230 g/mol. The number of carbonyl (C=O) groups is 1. The molecule has 0 bridgehead atoms. The first kappa shape index (κ1) is 13.1. The fourth-order valence-electron chi connectivity index (χ4n) is 2.01. The minimum Gasteiger partial charge on any atom is -0.466 e. The van der Waals surface area contributed by atoms with E-state index in [1.165, 1.54) is 18.5 Å². The molecule has 0 aromatic carbocycles. The Bertz CT molecular complexity index is 399. The molecule has 0 saturated heterocycles. The van der Waals surface area contributed by atoms with Gasteiger partial charge >= 0.3 is 5.97 Å². The number of nitrogens with zero attached hydrogens (tertiary/aromatic N) is 3. The van der Waals surface area contributed by atoms with Gasteiger partial charge in [-0.2, -0.15) is 0 Å². The van der Waals surface area contributed by atoms with Crippen LogP contribution in [0.3, 0.4) is 0 Å². The van der Waals surface area contributed by atoms with Crippen molar-refractivity contribution in [2.24, 2.45) is 0 Å². The van der Waals surface area contributed by atoms with Gasteiger partial charge in [-0.1, -0.05) is 0 Å². The third kappa shape index (κ3) is 3.57. The van der Waals surface area contributed by atoms with Crippen LogP contribution in [-0.4, -0.2) is 40.6 Å². The number of hydrogen-bond donors (Lipinski definition) is 0. The standard InChI is InChI=1S/C13H21N3O2/c1-3-18-13(17)6-7-15(2)9-12-8-14-10-16(12)11-4-5-11/h8,10-11H,3-7,9H2,1-2H3. The molecule has 18 heavy (non-hydrogen) atoms. The molecule has 0 N–H and O–H groups in total. The average Bonchev–Trinajstić information content (AvgIpc) is 3.08. The lowest BCUT2D eigenvalue weighted by molar-refractivity contribution is -0.143. The third-order valence-corrected chi connectivity index (χ3v) is 3.12. The summed E-state index contributed by atoms with van der Waals surface area (Å²) in [6.45, 7) is 3.83. The molecule has 0 amide bonds. The summed E-state index contributed by atoms with van der Waals surface area (Å²) < 4.78 is 7.17. The maximum Gasteiger partial charge on any atom is 0.307 e. The average molecular weight is 251 g/mol. The van der Waals surface area contributed by atoms with Crippen LogP contribution in [0.2, 0.25) is 0 Å². The summed E-state index contributed by atoms with van der Waals surface area (Å²) in [5, 5.41) is 0. The quantitative estimate of drug-likeness (QED) is 0.691. The van der Waals surface area contributed by atoms with Crippen LogP contribution in [-0.2, 0) is 16.1 Å². The summed E-state index contributed by atoms with van der Waals surface area (Å²) >= 11 is 0. The van der Waals surface area contributed by atoms with Gasteiger partial charge in [0.15, 0.2) is 0 Å². The van der Waals surface area contributed by atoms with E-state index >= 15 is 0 Å². The molecule has 0 unspecified atom stereocenters. The predicted octanol–water partition coefficient (Wildman–Crippen LogP) is 1.60. The Labute approximate surface area is 108 Å². The van der Waals surface area contributed by atoms with E-state index in [1.807, 2.05) is 26.5 Å². The summed E-state index contributed by atoms with van der Waals surface area (Å²) in [6.07, 6.45) is 6.79. The molecule has 1 heterocycles. The molecular formula is C13H21N3O2.